The summed E-state index contributed by atoms with van der Waals surface area (Å²) >= 11 is 0. The van der Waals surface area contributed by atoms with Gasteiger partial charge in [0.25, 0.3) is 0 Å². The van der Waals surface area contributed by atoms with Crippen LogP contribution >= 0.6 is 0 Å². The van der Waals surface area contributed by atoms with Crippen molar-refractivity contribution in [3.8, 4) is 0 Å². The van der Waals surface area contributed by atoms with Gasteiger partial charge in [-0.05, 0) is 38.3 Å². The molecule has 2 amide bonds. The van der Waals surface area contributed by atoms with Crippen LogP contribution in [0.1, 0.15) is 23.1 Å². The SMILES string of the molecule is Cc1cc(C)c(NC(=O)N(C)C2CCS(=O)(=O)C2)c(C)c1. The third kappa shape index (κ3) is 3.56. The number of urea groups is 1. The fourth-order valence-electron chi connectivity index (χ4n) is 2.82. The van der Waals surface area contributed by atoms with Crippen LogP contribution < -0.4 is 5.32 Å². The van der Waals surface area contributed by atoms with E-state index in [2.05, 4.69) is 5.32 Å². The van der Waals surface area contributed by atoms with Gasteiger partial charge in [0.05, 0.1) is 11.5 Å². The summed E-state index contributed by atoms with van der Waals surface area (Å²) < 4.78 is 23.0. The van der Waals surface area contributed by atoms with Crippen LogP contribution in [0.2, 0.25) is 0 Å². The number of rotatable bonds is 2. The topological polar surface area (TPSA) is 66.5 Å². The number of carbonyl (C=O) groups excluding carboxylic acids is 1. The van der Waals surface area contributed by atoms with Crippen LogP contribution in [-0.2, 0) is 9.84 Å². The van der Waals surface area contributed by atoms with Gasteiger partial charge in [0.15, 0.2) is 9.84 Å². The molecular formula is C15H22N2O3S. The van der Waals surface area contributed by atoms with Gasteiger partial charge in [-0.15, -0.1) is 0 Å². The first-order chi connectivity index (χ1) is 9.69. The van der Waals surface area contributed by atoms with E-state index in [0.29, 0.717) is 6.42 Å². The molecule has 2 rings (SSSR count). The summed E-state index contributed by atoms with van der Waals surface area (Å²) in [7, 11) is -1.34. The van der Waals surface area contributed by atoms with Crippen LogP contribution in [0, 0.1) is 20.8 Å². The van der Waals surface area contributed by atoms with Crippen LogP contribution in [0.25, 0.3) is 0 Å². The third-order valence-electron chi connectivity index (χ3n) is 3.99. The maximum atomic E-state index is 12.3. The lowest BCUT2D eigenvalue weighted by atomic mass is 10.1. The molecule has 21 heavy (non-hydrogen) atoms. The Morgan fingerprint density at radius 1 is 1.24 bits per heavy atom. The smallest absolute Gasteiger partial charge is 0.321 e. The molecule has 116 valence electrons. The highest BCUT2D eigenvalue weighted by Crippen LogP contribution is 2.23. The quantitative estimate of drug-likeness (QED) is 0.911. The normalized spacial score (nSPS) is 20.3. The average molecular weight is 310 g/mol. The first-order valence-electron chi connectivity index (χ1n) is 7.02. The van der Waals surface area contributed by atoms with Gasteiger partial charge in [-0.1, -0.05) is 17.7 Å². The Morgan fingerprint density at radius 3 is 2.29 bits per heavy atom. The first kappa shape index (κ1) is 15.8. The lowest BCUT2D eigenvalue weighted by Crippen LogP contribution is -2.40. The van der Waals surface area contributed by atoms with Gasteiger partial charge < -0.3 is 10.2 Å². The van der Waals surface area contributed by atoms with Gasteiger partial charge in [0.1, 0.15) is 0 Å². The molecule has 5 nitrogen and oxygen atoms in total. The molecule has 0 aliphatic carbocycles. The zero-order valence-electron chi connectivity index (χ0n) is 12.9. The standard InChI is InChI=1S/C15H22N2O3S/c1-10-7-11(2)14(12(3)8-10)16-15(18)17(4)13-5-6-21(19,20)9-13/h7-8,13H,5-6,9H2,1-4H3,(H,16,18). The van der Waals surface area contributed by atoms with Gasteiger partial charge in [-0.2, -0.15) is 0 Å². The molecule has 6 heteroatoms. The van der Waals surface area contributed by atoms with Crippen LogP contribution in [-0.4, -0.2) is 43.9 Å². The van der Waals surface area contributed by atoms with E-state index in [1.54, 1.807) is 7.05 Å². The van der Waals surface area contributed by atoms with Gasteiger partial charge >= 0.3 is 6.03 Å². The van der Waals surface area contributed by atoms with Crippen molar-refractivity contribution in [3.05, 3.63) is 28.8 Å². The maximum absolute atomic E-state index is 12.3. The van der Waals surface area contributed by atoms with E-state index < -0.39 is 9.84 Å². The Labute approximate surface area is 126 Å². The molecular weight excluding hydrogens is 288 g/mol. The van der Waals surface area contributed by atoms with Gasteiger partial charge in [0, 0.05) is 18.8 Å². The largest absolute Gasteiger partial charge is 0.324 e. The molecule has 1 N–H and O–H groups in total. The Bertz CT molecular complexity index is 644. The molecule has 1 unspecified atom stereocenters. The molecule has 1 fully saturated rings. The summed E-state index contributed by atoms with van der Waals surface area (Å²) in [6.45, 7) is 5.92. The highest BCUT2D eigenvalue weighted by Gasteiger charge is 2.32. The van der Waals surface area contributed by atoms with Crippen molar-refractivity contribution in [1.82, 2.24) is 4.90 Å². The molecule has 1 aromatic rings. The predicted molar refractivity (Wildman–Crippen MR) is 84.5 cm³/mol. The van der Waals surface area contributed by atoms with Crippen molar-refractivity contribution in [2.75, 3.05) is 23.9 Å². The molecule has 1 saturated heterocycles. The third-order valence-corrected chi connectivity index (χ3v) is 5.74. The van der Waals surface area contributed by atoms with E-state index in [-0.39, 0.29) is 23.6 Å². The number of hydrogen-bond donors (Lipinski definition) is 1. The van der Waals surface area contributed by atoms with Crippen molar-refractivity contribution < 1.29 is 13.2 Å². The van der Waals surface area contributed by atoms with Crippen molar-refractivity contribution in [2.45, 2.75) is 33.2 Å². The average Bonchev–Trinajstić information content (AvgIpc) is 2.73. The molecule has 0 bridgehead atoms. The lowest BCUT2D eigenvalue weighted by molar-refractivity contribution is 0.209. The second-order valence-electron chi connectivity index (χ2n) is 5.87. The highest BCUT2D eigenvalue weighted by atomic mass is 32.2. The zero-order chi connectivity index (χ0) is 15.8. The first-order valence-corrected chi connectivity index (χ1v) is 8.84. The summed E-state index contributed by atoms with van der Waals surface area (Å²) in [6, 6.07) is 3.54. The van der Waals surface area contributed by atoms with Gasteiger partial charge in [-0.3, -0.25) is 0 Å². The van der Waals surface area contributed by atoms with Crippen LogP contribution in [0.5, 0.6) is 0 Å². The number of aryl methyl sites for hydroxylation is 3. The summed E-state index contributed by atoms with van der Waals surface area (Å²) in [5.74, 6) is 0.223. The number of carbonyl (C=O) groups is 1. The Hall–Kier alpha value is -1.56. The molecule has 1 aliphatic heterocycles. The summed E-state index contributed by atoms with van der Waals surface area (Å²) in [6.07, 6.45) is 0.512. The van der Waals surface area contributed by atoms with Crippen LogP contribution in [0.3, 0.4) is 0 Å². The summed E-state index contributed by atoms with van der Waals surface area (Å²) in [4.78, 5) is 13.8. The number of sulfone groups is 1. The summed E-state index contributed by atoms with van der Waals surface area (Å²) in [5.41, 5.74) is 3.97. The molecule has 0 aromatic heterocycles. The molecule has 1 aromatic carbocycles. The number of benzene rings is 1. The Morgan fingerprint density at radius 2 is 1.81 bits per heavy atom. The van der Waals surface area contributed by atoms with Crippen molar-refractivity contribution in [1.29, 1.82) is 0 Å². The molecule has 0 radical (unpaired) electrons. The molecule has 1 heterocycles. The molecule has 0 spiro atoms. The second kappa shape index (κ2) is 5.67. The van der Waals surface area contributed by atoms with E-state index in [4.69, 9.17) is 0 Å². The van der Waals surface area contributed by atoms with E-state index in [1.807, 2.05) is 32.9 Å². The van der Waals surface area contributed by atoms with Crippen LogP contribution in [0.4, 0.5) is 10.5 Å². The van der Waals surface area contributed by atoms with Gasteiger partial charge in [0.2, 0.25) is 0 Å². The summed E-state index contributed by atoms with van der Waals surface area (Å²) in [5, 5.41) is 2.90. The van der Waals surface area contributed by atoms with Crippen molar-refractivity contribution in [3.63, 3.8) is 0 Å². The number of anilines is 1. The van der Waals surface area contributed by atoms with Crippen molar-refractivity contribution in [2.24, 2.45) is 0 Å². The minimum atomic E-state index is -2.99. The van der Waals surface area contributed by atoms with E-state index in [9.17, 15) is 13.2 Å². The van der Waals surface area contributed by atoms with E-state index in [0.717, 1.165) is 22.4 Å². The predicted octanol–water partition coefficient (Wildman–Crippen LogP) is 2.26. The Balaban J connectivity index is 2.12. The molecule has 0 saturated carbocycles. The number of nitrogens with one attached hydrogen (secondary N) is 1. The fourth-order valence-corrected chi connectivity index (χ4v) is 4.59. The monoisotopic (exact) mass is 310 g/mol. The minimum absolute atomic E-state index is 0.0583. The maximum Gasteiger partial charge on any atom is 0.321 e. The number of hydrogen-bond acceptors (Lipinski definition) is 3. The molecule has 1 aliphatic rings. The minimum Gasteiger partial charge on any atom is -0.324 e. The zero-order valence-corrected chi connectivity index (χ0v) is 13.8. The van der Waals surface area contributed by atoms with Gasteiger partial charge in [-0.25, -0.2) is 13.2 Å². The van der Waals surface area contributed by atoms with Crippen molar-refractivity contribution >= 4 is 21.6 Å². The van der Waals surface area contributed by atoms with Crippen LogP contribution in [0.15, 0.2) is 12.1 Å². The number of amides is 2. The Kier molecular flexibility index (Phi) is 4.27. The number of nitrogens with zero attached hydrogens (tertiary/aromatic N) is 1. The van der Waals surface area contributed by atoms with E-state index >= 15 is 0 Å². The second-order valence-corrected chi connectivity index (χ2v) is 8.10. The molecule has 1 atom stereocenters. The highest BCUT2D eigenvalue weighted by molar-refractivity contribution is 7.91. The fraction of sp³-hybridized carbons (Fsp3) is 0.533. The van der Waals surface area contributed by atoms with E-state index in [1.165, 1.54) is 4.90 Å². The lowest BCUT2D eigenvalue weighted by Gasteiger charge is -2.25.